The molecule has 0 radical (unpaired) electrons. The van der Waals surface area contributed by atoms with Gasteiger partial charge in [-0.2, -0.15) is 0 Å². The van der Waals surface area contributed by atoms with Crippen molar-refractivity contribution in [1.29, 1.82) is 0 Å². The summed E-state index contributed by atoms with van der Waals surface area (Å²) in [7, 11) is 0. The highest BCUT2D eigenvalue weighted by molar-refractivity contribution is 5.72. The quantitative estimate of drug-likeness (QED) is 0.840. The van der Waals surface area contributed by atoms with Crippen molar-refractivity contribution in [3.8, 4) is 0 Å². The third-order valence-electron chi connectivity index (χ3n) is 4.05. The molecule has 0 bridgehead atoms. The fourth-order valence-electron chi connectivity index (χ4n) is 2.98. The molecule has 1 aliphatic rings. The molecule has 1 saturated heterocycles. The molecule has 0 amide bonds. The van der Waals surface area contributed by atoms with Gasteiger partial charge in [0.15, 0.2) is 0 Å². The summed E-state index contributed by atoms with van der Waals surface area (Å²) in [5, 5.41) is 0. The number of piperidine rings is 1. The topological polar surface area (TPSA) is 30.7 Å². The summed E-state index contributed by atoms with van der Waals surface area (Å²) >= 11 is 0. The molecule has 21 heavy (non-hydrogen) atoms. The molecule has 1 fully saturated rings. The van der Waals surface area contributed by atoms with E-state index in [9.17, 15) is 4.79 Å². The third kappa shape index (κ3) is 5.01. The number of benzene rings is 1. The van der Waals surface area contributed by atoms with Crippen molar-refractivity contribution >= 4 is 12.0 Å². The van der Waals surface area contributed by atoms with E-state index in [2.05, 4.69) is 37.3 Å². The second-order valence-electron chi connectivity index (χ2n) is 5.85. The highest BCUT2D eigenvalue weighted by Crippen LogP contribution is 2.12. The van der Waals surface area contributed by atoms with Crippen LogP contribution < -0.4 is 4.90 Å². The molecule has 3 nitrogen and oxygen atoms in total. The molecular formula is C18H26NO2+. The zero-order valence-electron chi connectivity index (χ0n) is 13.1. The number of ether oxygens (including phenoxy) is 1. The monoisotopic (exact) mass is 288 g/mol. The Kier molecular flexibility index (Phi) is 6.00. The number of quaternary nitrogens is 1. The van der Waals surface area contributed by atoms with Crippen LogP contribution in [0.1, 0.15) is 32.3 Å². The van der Waals surface area contributed by atoms with Crippen molar-refractivity contribution in [2.24, 2.45) is 5.92 Å². The lowest BCUT2D eigenvalue weighted by Crippen LogP contribution is -3.13. The maximum absolute atomic E-state index is 11.7. The largest absolute Gasteiger partial charge is 0.466 e. The number of likely N-dealkylation sites (tertiary alicyclic amines) is 1. The van der Waals surface area contributed by atoms with Gasteiger partial charge in [0.2, 0.25) is 0 Å². The van der Waals surface area contributed by atoms with Crippen LogP contribution in [-0.4, -0.2) is 32.2 Å². The predicted octanol–water partition coefficient (Wildman–Crippen LogP) is 1.95. The smallest absolute Gasteiger partial charge is 0.309 e. The van der Waals surface area contributed by atoms with E-state index in [1.54, 1.807) is 4.90 Å². The van der Waals surface area contributed by atoms with Crippen LogP contribution in [0.25, 0.3) is 6.08 Å². The molecule has 0 atom stereocenters. The third-order valence-corrected chi connectivity index (χ3v) is 4.05. The van der Waals surface area contributed by atoms with E-state index in [-0.39, 0.29) is 11.9 Å². The Labute approximate surface area is 127 Å². The van der Waals surface area contributed by atoms with Crippen molar-refractivity contribution in [3.05, 3.63) is 41.5 Å². The number of nitrogens with one attached hydrogen (secondary N) is 1. The Morgan fingerprint density at radius 1 is 1.29 bits per heavy atom. The number of esters is 1. The van der Waals surface area contributed by atoms with Gasteiger partial charge in [-0.25, -0.2) is 0 Å². The molecule has 114 valence electrons. The van der Waals surface area contributed by atoms with Crippen LogP contribution in [0.2, 0.25) is 0 Å². The number of rotatable bonds is 5. The van der Waals surface area contributed by atoms with Crippen molar-refractivity contribution in [2.75, 3.05) is 26.2 Å². The predicted molar refractivity (Wildman–Crippen MR) is 85.0 cm³/mol. The van der Waals surface area contributed by atoms with Crippen molar-refractivity contribution in [1.82, 2.24) is 0 Å². The first-order chi connectivity index (χ1) is 10.2. The molecule has 1 N–H and O–H groups in total. The molecule has 1 heterocycles. The Morgan fingerprint density at radius 3 is 2.57 bits per heavy atom. The van der Waals surface area contributed by atoms with Crippen LogP contribution in [-0.2, 0) is 9.53 Å². The van der Waals surface area contributed by atoms with Gasteiger partial charge < -0.3 is 9.64 Å². The van der Waals surface area contributed by atoms with E-state index >= 15 is 0 Å². The lowest BCUT2D eigenvalue weighted by Gasteiger charge is -2.28. The minimum Gasteiger partial charge on any atom is -0.466 e. The zero-order chi connectivity index (χ0) is 15.1. The minimum atomic E-state index is -0.00639. The van der Waals surface area contributed by atoms with E-state index in [0.717, 1.165) is 32.5 Å². The molecule has 1 aliphatic heterocycles. The number of hydrogen-bond acceptors (Lipinski definition) is 2. The first kappa shape index (κ1) is 15.8. The summed E-state index contributed by atoms with van der Waals surface area (Å²) in [4.78, 5) is 13.3. The first-order valence-corrected chi connectivity index (χ1v) is 7.91. The van der Waals surface area contributed by atoms with Gasteiger partial charge in [-0.15, -0.1) is 0 Å². The molecular weight excluding hydrogens is 262 g/mol. The van der Waals surface area contributed by atoms with Crippen LogP contribution in [0.3, 0.4) is 0 Å². The van der Waals surface area contributed by atoms with E-state index in [1.807, 2.05) is 13.0 Å². The maximum atomic E-state index is 11.7. The molecule has 3 heteroatoms. The van der Waals surface area contributed by atoms with E-state index < -0.39 is 0 Å². The number of hydrogen-bond donors (Lipinski definition) is 1. The van der Waals surface area contributed by atoms with Crippen LogP contribution in [0, 0.1) is 5.92 Å². The highest BCUT2D eigenvalue weighted by atomic mass is 16.5. The summed E-state index contributed by atoms with van der Waals surface area (Å²) in [6.45, 7) is 7.73. The Balaban J connectivity index is 1.81. The SMILES string of the molecule is CCOC(=O)C1CC[NH+](C/C(C)=C/c2ccccc2)CC1. The first-order valence-electron chi connectivity index (χ1n) is 7.91. The molecule has 0 aromatic heterocycles. The summed E-state index contributed by atoms with van der Waals surface area (Å²) in [6.07, 6.45) is 4.16. The van der Waals surface area contributed by atoms with Crippen LogP contribution in [0.5, 0.6) is 0 Å². The van der Waals surface area contributed by atoms with Gasteiger partial charge in [0.25, 0.3) is 0 Å². The van der Waals surface area contributed by atoms with Gasteiger partial charge in [0.05, 0.1) is 32.2 Å². The molecule has 1 aromatic rings. The zero-order valence-corrected chi connectivity index (χ0v) is 13.1. The second kappa shape index (κ2) is 7.99. The number of carbonyl (C=O) groups is 1. The Morgan fingerprint density at radius 2 is 1.95 bits per heavy atom. The van der Waals surface area contributed by atoms with Crippen LogP contribution in [0.15, 0.2) is 35.9 Å². The summed E-state index contributed by atoms with van der Waals surface area (Å²) in [5.74, 6) is 0.111. The van der Waals surface area contributed by atoms with Crippen molar-refractivity contribution < 1.29 is 14.4 Å². The average Bonchev–Trinajstić information content (AvgIpc) is 2.49. The average molecular weight is 288 g/mol. The van der Waals surface area contributed by atoms with Crippen molar-refractivity contribution in [2.45, 2.75) is 26.7 Å². The fourth-order valence-corrected chi connectivity index (χ4v) is 2.98. The van der Waals surface area contributed by atoms with Crippen LogP contribution >= 0.6 is 0 Å². The Hall–Kier alpha value is -1.61. The summed E-state index contributed by atoms with van der Waals surface area (Å²) in [5.41, 5.74) is 2.65. The maximum Gasteiger partial charge on any atom is 0.309 e. The lowest BCUT2D eigenvalue weighted by molar-refractivity contribution is -0.901. The summed E-state index contributed by atoms with van der Waals surface area (Å²) < 4.78 is 5.12. The minimum absolute atomic E-state index is 0.00639. The Bertz CT molecular complexity index is 473. The normalized spacial score (nSPS) is 22.9. The van der Waals surface area contributed by atoms with E-state index in [4.69, 9.17) is 4.74 Å². The van der Waals surface area contributed by atoms with Gasteiger partial charge in [-0.3, -0.25) is 4.79 Å². The van der Waals surface area contributed by atoms with Gasteiger partial charge in [0, 0.05) is 12.8 Å². The van der Waals surface area contributed by atoms with Gasteiger partial charge in [0.1, 0.15) is 0 Å². The molecule has 0 unspecified atom stereocenters. The van der Waals surface area contributed by atoms with E-state index in [1.165, 1.54) is 11.1 Å². The fraction of sp³-hybridized carbons (Fsp3) is 0.500. The molecule has 0 saturated carbocycles. The van der Waals surface area contributed by atoms with Gasteiger partial charge >= 0.3 is 5.97 Å². The van der Waals surface area contributed by atoms with Gasteiger partial charge in [-0.05, 0) is 25.0 Å². The van der Waals surface area contributed by atoms with Crippen molar-refractivity contribution in [3.63, 3.8) is 0 Å². The molecule has 1 aromatic carbocycles. The molecule has 2 rings (SSSR count). The highest BCUT2D eigenvalue weighted by Gasteiger charge is 2.28. The lowest BCUT2D eigenvalue weighted by atomic mass is 9.96. The molecule has 0 aliphatic carbocycles. The molecule has 0 spiro atoms. The summed E-state index contributed by atoms with van der Waals surface area (Å²) in [6, 6.07) is 10.4. The van der Waals surface area contributed by atoms with Crippen LogP contribution in [0.4, 0.5) is 0 Å². The second-order valence-corrected chi connectivity index (χ2v) is 5.85. The van der Waals surface area contributed by atoms with E-state index in [0.29, 0.717) is 6.61 Å². The van der Waals surface area contributed by atoms with Gasteiger partial charge in [-0.1, -0.05) is 36.4 Å². The standard InChI is InChI=1S/C18H25NO2/c1-3-21-18(20)17-9-11-19(12-10-17)14-15(2)13-16-7-5-4-6-8-16/h4-8,13,17H,3,9-12,14H2,1-2H3/p+1/b15-13+. The number of carbonyl (C=O) groups excluding carboxylic acids is 1.